The zero-order chi connectivity index (χ0) is 16.9. The summed E-state index contributed by atoms with van der Waals surface area (Å²) in [7, 11) is -1.16. The van der Waals surface area contributed by atoms with E-state index in [4.69, 9.17) is 9.15 Å². The fraction of sp³-hybridized carbons (Fsp3) is 0.263. The molecule has 0 N–H and O–H groups in total. The van der Waals surface area contributed by atoms with Gasteiger partial charge in [0, 0.05) is 24.4 Å². The van der Waals surface area contributed by atoms with E-state index in [0.29, 0.717) is 6.54 Å². The van der Waals surface area contributed by atoms with Crippen LogP contribution in [0.4, 0.5) is 5.69 Å². The Hall–Kier alpha value is -1.87. The molecule has 0 spiro atoms. The van der Waals surface area contributed by atoms with Crippen molar-refractivity contribution in [2.75, 3.05) is 18.7 Å². The fourth-order valence-corrected chi connectivity index (χ4v) is 3.33. The van der Waals surface area contributed by atoms with Gasteiger partial charge in [0.05, 0.1) is 5.69 Å². The highest BCUT2D eigenvalue weighted by molar-refractivity contribution is 7.33. The average Bonchev–Trinajstić information content (AvgIpc) is 2.63. The lowest BCUT2D eigenvalue weighted by Crippen LogP contribution is -2.22. The molecule has 126 valence electrons. The van der Waals surface area contributed by atoms with Gasteiger partial charge in [0.1, 0.15) is 0 Å². The topological polar surface area (TPSA) is 38.8 Å². The molecule has 3 aromatic rings. The maximum absolute atomic E-state index is 11.9. The molecule has 0 fully saturated rings. The largest absolute Gasteiger partial charge is 0.340 e. The van der Waals surface area contributed by atoms with Crippen molar-refractivity contribution in [2.24, 2.45) is 0 Å². The average molecular weight is 343 g/mol. The maximum atomic E-state index is 11.9. The van der Waals surface area contributed by atoms with Crippen LogP contribution in [0.15, 0.2) is 54.6 Å². The van der Waals surface area contributed by atoms with Gasteiger partial charge in [-0.1, -0.05) is 61.9 Å². The number of hydrogen-bond donors (Lipinski definition) is 0. The van der Waals surface area contributed by atoms with E-state index >= 15 is 0 Å². The SMILES string of the molecule is CCCCN(O[PH](=O)OC)c1c2ccccc2cc2ccccc12. The Morgan fingerprint density at radius 2 is 1.58 bits per heavy atom. The molecule has 4 nitrogen and oxygen atoms in total. The molecule has 0 heterocycles. The zero-order valence-electron chi connectivity index (χ0n) is 14.0. The van der Waals surface area contributed by atoms with Crippen molar-refractivity contribution in [1.29, 1.82) is 0 Å². The summed E-state index contributed by atoms with van der Waals surface area (Å²) in [6.45, 7) is 2.78. The van der Waals surface area contributed by atoms with Gasteiger partial charge < -0.3 is 4.52 Å². The predicted octanol–water partition coefficient (Wildman–Crippen LogP) is 5.57. The minimum absolute atomic E-state index is 0.661. The van der Waals surface area contributed by atoms with E-state index in [1.54, 1.807) is 5.06 Å². The standard InChI is InChI=1S/C19H22NO3P/c1-3-4-13-20(23-24(21)22-2)19-17-11-7-5-9-15(17)14-16-10-6-8-12-18(16)19/h5-12,14,24H,3-4,13H2,1-2H3. The molecule has 0 aliphatic heterocycles. The second-order valence-electron chi connectivity index (χ2n) is 5.67. The number of benzene rings is 3. The molecule has 0 saturated heterocycles. The van der Waals surface area contributed by atoms with Gasteiger partial charge in [0.25, 0.3) is 0 Å². The van der Waals surface area contributed by atoms with Gasteiger partial charge in [-0.3, -0.25) is 4.57 Å². The van der Waals surface area contributed by atoms with Crippen LogP contribution in [-0.4, -0.2) is 13.7 Å². The zero-order valence-corrected chi connectivity index (χ0v) is 15.0. The predicted molar refractivity (Wildman–Crippen MR) is 101 cm³/mol. The Kier molecular flexibility index (Phi) is 5.52. The summed E-state index contributed by atoms with van der Waals surface area (Å²) in [5, 5.41) is 6.18. The van der Waals surface area contributed by atoms with Crippen LogP contribution in [0, 0.1) is 0 Å². The molecule has 3 aromatic carbocycles. The van der Waals surface area contributed by atoms with Gasteiger partial charge in [-0.25, -0.2) is 5.06 Å². The number of fused-ring (bicyclic) bond motifs is 2. The molecule has 24 heavy (non-hydrogen) atoms. The highest BCUT2D eigenvalue weighted by Crippen LogP contribution is 2.38. The van der Waals surface area contributed by atoms with Crippen molar-refractivity contribution in [2.45, 2.75) is 19.8 Å². The van der Waals surface area contributed by atoms with Gasteiger partial charge >= 0.3 is 8.25 Å². The summed E-state index contributed by atoms with van der Waals surface area (Å²) < 4.78 is 22.5. The lowest BCUT2D eigenvalue weighted by atomic mass is 10.0. The highest BCUT2D eigenvalue weighted by Gasteiger charge is 2.17. The van der Waals surface area contributed by atoms with Crippen LogP contribution >= 0.6 is 8.25 Å². The Morgan fingerprint density at radius 3 is 2.12 bits per heavy atom. The van der Waals surface area contributed by atoms with Crippen molar-refractivity contribution in [3.05, 3.63) is 54.6 Å². The van der Waals surface area contributed by atoms with Gasteiger partial charge in [0.15, 0.2) is 0 Å². The first-order valence-corrected chi connectivity index (χ1v) is 9.41. The number of hydroxylamine groups is 1. The Labute approximate surface area is 142 Å². The van der Waals surface area contributed by atoms with Gasteiger partial charge in [-0.2, -0.15) is 4.62 Å². The molecular weight excluding hydrogens is 321 g/mol. The summed E-state index contributed by atoms with van der Waals surface area (Å²) in [5.41, 5.74) is 0.951. The monoisotopic (exact) mass is 343 g/mol. The fourth-order valence-electron chi connectivity index (χ4n) is 2.89. The lowest BCUT2D eigenvalue weighted by Gasteiger charge is -2.26. The Bertz CT molecular complexity index is 811. The first-order valence-electron chi connectivity index (χ1n) is 8.18. The number of rotatable bonds is 7. The van der Waals surface area contributed by atoms with E-state index in [2.05, 4.69) is 37.3 Å². The summed E-state index contributed by atoms with van der Waals surface area (Å²) in [5.74, 6) is 0. The van der Waals surface area contributed by atoms with Crippen LogP contribution in [0.2, 0.25) is 0 Å². The molecular formula is C19H22NO3P. The van der Waals surface area contributed by atoms with Crippen molar-refractivity contribution in [3.8, 4) is 0 Å². The van der Waals surface area contributed by atoms with Gasteiger partial charge in [0.2, 0.25) is 0 Å². The summed E-state index contributed by atoms with van der Waals surface area (Å²) in [6, 6.07) is 18.6. The highest BCUT2D eigenvalue weighted by atomic mass is 31.1. The lowest BCUT2D eigenvalue weighted by molar-refractivity contribution is 0.232. The first-order chi connectivity index (χ1) is 11.7. The third-order valence-electron chi connectivity index (χ3n) is 4.06. The maximum Gasteiger partial charge on any atom is 0.340 e. The third kappa shape index (κ3) is 3.46. The number of anilines is 1. The van der Waals surface area contributed by atoms with Crippen molar-refractivity contribution in [3.63, 3.8) is 0 Å². The van der Waals surface area contributed by atoms with E-state index < -0.39 is 8.25 Å². The van der Waals surface area contributed by atoms with Gasteiger partial charge in [-0.15, -0.1) is 0 Å². The van der Waals surface area contributed by atoms with E-state index in [9.17, 15) is 4.57 Å². The van der Waals surface area contributed by atoms with Crippen molar-refractivity contribution >= 4 is 35.5 Å². The van der Waals surface area contributed by atoms with Crippen LogP contribution in [0.5, 0.6) is 0 Å². The molecule has 3 rings (SSSR count). The van der Waals surface area contributed by atoms with E-state index in [1.807, 2.05) is 24.3 Å². The number of hydrogen-bond acceptors (Lipinski definition) is 4. The third-order valence-corrected chi connectivity index (χ3v) is 4.76. The molecule has 0 aliphatic carbocycles. The second kappa shape index (κ2) is 7.80. The minimum Gasteiger partial charge on any atom is -0.313 e. The minimum atomic E-state index is -2.56. The smallest absolute Gasteiger partial charge is 0.313 e. The molecule has 0 radical (unpaired) electrons. The molecule has 1 unspecified atom stereocenters. The molecule has 0 amide bonds. The molecule has 0 aromatic heterocycles. The number of nitrogens with zero attached hydrogens (tertiary/aromatic N) is 1. The Balaban J connectivity index is 2.22. The second-order valence-corrected chi connectivity index (χ2v) is 6.76. The summed E-state index contributed by atoms with van der Waals surface area (Å²) >= 11 is 0. The van der Waals surface area contributed by atoms with Crippen LogP contribution in [-0.2, 0) is 13.7 Å². The van der Waals surface area contributed by atoms with E-state index in [0.717, 1.165) is 40.1 Å². The molecule has 0 aliphatic rings. The van der Waals surface area contributed by atoms with E-state index in [-0.39, 0.29) is 0 Å². The molecule has 1 atom stereocenters. The summed E-state index contributed by atoms with van der Waals surface area (Å²) in [4.78, 5) is 0. The van der Waals surface area contributed by atoms with Crippen LogP contribution in [0.25, 0.3) is 21.5 Å². The van der Waals surface area contributed by atoms with Crippen LogP contribution in [0.1, 0.15) is 19.8 Å². The van der Waals surface area contributed by atoms with Crippen LogP contribution in [0.3, 0.4) is 0 Å². The number of unbranched alkanes of at least 4 members (excludes halogenated alkanes) is 1. The first kappa shape index (κ1) is 17.0. The van der Waals surface area contributed by atoms with Crippen molar-refractivity contribution < 1.29 is 13.7 Å². The van der Waals surface area contributed by atoms with E-state index in [1.165, 1.54) is 7.11 Å². The molecule has 0 saturated carbocycles. The van der Waals surface area contributed by atoms with Crippen molar-refractivity contribution in [1.82, 2.24) is 0 Å². The quantitative estimate of drug-likeness (QED) is 0.319. The molecule has 5 heteroatoms. The Morgan fingerprint density at radius 1 is 1.00 bits per heavy atom. The van der Waals surface area contributed by atoms with Gasteiger partial charge in [-0.05, 0) is 23.3 Å². The summed E-state index contributed by atoms with van der Waals surface area (Å²) in [6.07, 6.45) is 1.97. The van der Waals surface area contributed by atoms with Crippen LogP contribution < -0.4 is 5.06 Å². The molecule has 0 bridgehead atoms. The normalized spacial score (nSPS) is 12.6.